The number of para-hydroxylation sites is 2. The first-order valence-corrected chi connectivity index (χ1v) is 13.1. The minimum atomic E-state index is -0.135. The predicted molar refractivity (Wildman–Crippen MR) is 140 cm³/mol. The fourth-order valence-corrected chi connectivity index (χ4v) is 5.58. The highest BCUT2D eigenvalue weighted by Gasteiger charge is 2.20. The Morgan fingerprint density at radius 2 is 1.86 bits per heavy atom. The standard InChI is InChI=1S/C27H29N5O2S/c1-18-9-8-10-19(2)24(18)32-25(34)21-13-6-7-14-22(21)31-26(32)29-30-27(31)35-17-23(33)28-16-15-20-11-4-3-5-12-20/h6-11,13-14H,3-5,12,15-17H2,1-2H3,(H,28,33). The van der Waals surface area contributed by atoms with Crippen LogP contribution < -0.4 is 10.9 Å². The quantitative estimate of drug-likeness (QED) is 0.301. The van der Waals surface area contributed by atoms with Crippen molar-refractivity contribution in [3.63, 3.8) is 0 Å². The number of carbonyl (C=O) groups is 1. The van der Waals surface area contributed by atoms with E-state index in [1.165, 1.54) is 30.2 Å². The van der Waals surface area contributed by atoms with E-state index >= 15 is 0 Å². The Morgan fingerprint density at radius 1 is 1.06 bits per heavy atom. The largest absolute Gasteiger partial charge is 0.355 e. The second-order valence-electron chi connectivity index (χ2n) is 9.01. The average molecular weight is 488 g/mol. The summed E-state index contributed by atoms with van der Waals surface area (Å²) in [6.07, 6.45) is 8.04. The zero-order valence-corrected chi connectivity index (χ0v) is 20.9. The van der Waals surface area contributed by atoms with Gasteiger partial charge in [-0.15, -0.1) is 10.2 Å². The number of allylic oxidation sites excluding steroid dienone is 1. The molecular formula is C27H29N5O2S. The highest BCUT2D eigenvalue weighted by molar-refractivity contribution is 7.99. The van der Waals surface area contributed by atoms with Crippen molar-refractivity contribution in [2.24, 2.45) is 0 Å². The maximum absolute atomic E-state index is 13.6. The van der Waals surface area contributed by atoms with Crippen molar-refractivity contribution in [1.82, 2.24) is 24.5 Å². The molecule has 0 aliphatic heterocycles. The highest BCUT2D eigenvalue weighted by atomic mass is 32.2. The second kappa shape index (κ2) is 10.1. The van der Waals surface area contributed by atoms with Crippen LogP contribution in [0.3, 0.4) is 0 Å². The number of aryl methyl sites for hydroxylation is 2. The number of thioether (sulfide) groups is 1. The number of nitrogens with zero attached hydrogens (tertiary/aromatic N) is 4. The maximum atomic E-state index is 13.6. The summed E-state index contributed by atoms with van der Waals surface area (Å²) in [5.74, 6) is 0.644. The van der Waals surface area contributed by atoms with Gasteiger partial charge in [-0.2, -0.15) is 0 Å². The molecule has 35 heavy (non-hydrogen) atoms. The Labute approximate surface area is 208 Å². The average Bonchev–Trinajstić information content (AvgIpc) is 3.29. The second-order valence-corrected chi connectivity index (χ2v) is 9.96. The van der Waals surface area contributed by atoms with Gasteiger partial charge in [0.2, 0.25) is 11.7 Å². The molecule has 0 unspecified atom stereocenters. The Balaban J connectivity index is 1.45. The first-order chi connectivity index (χ1) is 17.0. The predicted octanol–water partition coefficient (Wildman–Crippen LogP) is 4.75. The normalized spacial score (nSPS) is 13.8. The molecule has 7 nitrogen and oxygen atoms in total. The third-order valence-electron chi connectivity index (χ3n) is 6.54. The van der Waals surface area contributed by atoms with Crippen LogP contribution in [0.25, 0.3) is 22.4 Å². The Hall–Kier alpha value is -3.39. The lowest BCUT2D eigenvalue weighted by molar-refractivity contribution is -0.118. The molecule has 0 radical (unpaired) electrons. The molecule has 5 rings (SSSR count). The number of benzene rings is 2. The number of aromatic nitrogens is 4. The zero-order valence-electron chi connectivity index (χ0n) is 20.1. The zero-order chi connectivity index (χ0) is 24.4. The topological polar surface area (TPSA) is 81.3 Å². The summed E-state index contributed by atoms with van der Waals surface area (Å²) in [5, 5.41) is 13.0. The number of amides is 1. The van der Waals surface area contributed by atoms with Crippen molar-refractivity contribution >= 4 is 34.3 Å². The first-order valence-electron chi connectivity index (χ1n) is 12.1. The summed E-state index contributed by atoms with van der Waals surface area (Å²) < 4.78 is 3.52. The van der Waals surface area contributed by atoms with Gasteiger partial charge in [0.25, 0.3) is 5.56 Å². The van der Waals surface area contributed by atoms with E-state index in [1.54, 1.807) is 4.57 Å². The van der Waals surface area contributed by atoms with Gasteiger partial charge >= 0.3 is 0 Å². The summed E-state index contributed by atoms with van der Waals surface area (Å²) in [7, 11) is 0. The third-order valence-corrected chi connectivity index (χ3v) is 7.47. The summed E-state index contributed by atoms with van der Waals surface area (Å²) in [6, 6.07) is 13.4. The van der Waals surface area contributed by atoms with Crippen molar-refractivity contribution in [3.8, 4) is 5.69 Å². The van der Waals surface area contributed by atoms with Gasteiger partial charge in [0.05, 0.1) is 22.3 Å². The molecule has 2 aromatic heterocycles. The van der Waals surface area contributed by atoms with Crippen molar-refractivity contribution in [2.75, 3.05) is 12.3 Å². The molecule has 4 aromatic rings. The van der Waals surface area contributed by atoms with Crippen LogP contribution in [0.2, 0.25) is 0 Å². The first kappa shape index (κ1) is 23.4. The van der Waals surface area contributed by atoms with Gasteiger partial charge in [-0.1, -0.05) is 53.7 Å². The summed E-state index contributed by atoms with van der Waals surface area (Å²) >= 11 is 1.33. The van der Waals surface area contributed by atoms with Crippen LogP contribution in [-0.4, -0.2) is 37.4 Å². The van der Waals surface area contributed by atoms with Crippen LogP contribution in [0, 0.1) is 13.8 Å². The fourth-order valence-electron chi connectivity index (χ4n) is 4.81. The molecule has 180 valence electrons. The Morgan fingerprint density at radius 3 is 2.63 bits per heavy atom. The number of rotatable bonds is 7. The molecule has 1 N–H and O–H groups in total. The van der Waals surface area contributed by atoms with Gasteiger partial charge in [-0.3, -0.25) is 14.0 Å². The molecule has 1 amide bonds. The van der Waals surface area contributed by atoms with Gasteiger partial charge in [0.15, 0.2) is 5.16 Å². The van der Waals surface area contributed by atoms with Gasteiger partial charge in [0, 0.05) is 6.54 Å². The van der Waals surface area contributed by atoms with E-state index in [0.29, 0.717) is 22.9 Å². The van der Waals surface area contributed by atoms with Crippen molar-refractivity contribution in [1.29, 1.82) is 0 Å². The van der Waals surface area contributed by atoms with Gasteiger partial charge in [-0.25, -0.2) is 4.57 Å². The number of fused-ring (bicyclic) bond motifs is 3. The van der Waals surface area contributed by atoms with Gasteiger partial charge in [-0.05, 0) is 69.2 Å². The number of carbonyl (C=O) groups excluding carboxylic acids is 1. The van der Waals surface area contributed by atoms with E-state index < -0.39 is 0 Å². The van der Waals surface area contributed by atoms with Gasteiger partial charge < -0.3 is 5.32 Å². The molecule has 0 saturated carbocycles. The van der Waals surface area contributed by atoms with Crippen LogP contribution >= 0.6 is 11.8 Å². The summed E-state index contributed by atoms with van der Waals surface area (Å²) in [4.78, 5) is 26.1. The van der Waals surface area contributed by atoms with Crippen molar-refractivity contribution in [2.45, 2.75) is 51.1 Å². The molecule has 2 heterocycles. The van der Waals surface area contributed by atoms with E-state index in [9.17, 15) is 9.59 Å². The van der Waals surface area contributed by atoms with E-state index in [1.807, 2.05) is 60.7 Å². The van der Waals surface area contributed by atoms with E-state index in [0.717, 1.165) is 41.6 Å². The van der Waals surface area contributed by atoms with Gasteiger partial charge in [0.1, 0.15) is 0 Å². The number of hydrogen-bond donors (Lipinski definition) is 1. The molecule has 1 aliphatic rings. The monoisotopic (exact) mass is 487 g/mol. The minimum absolute atomic E-state index is 0.0319. The molecule has 8 heteroatoms. The molecule has 0 fully saturated rings. The van der Waals surface area contributed by atoms with Crippen LogP contribution in [0.1, 0.15) is 43.2 Å². The lowest BCUT2D eigenvalue weighted by atomic mass is 9.97. The molecule has 0 spiro atoms. The van der Waals surface area contributed by atoms with Crippen LogP contribution in [-0.2, 0) is 4.79 Å². The van der Waals surface area contributed by atoms with E-state index in [-0.39, 0.29) is 17.2 Å². The molecule has 0 bridgehead atoms. The number of hydrogen-bond acceptors (Lipinski definition) is 5. The maximum Gasteiger partial charge on any atom is 0.267 e. The number of nitrogens with one attached hydrogen (secondary N) is 1. The van der Waals surface area contributed by atoms with E-state index in [2.05, 4.69) is 21.6 Å². The van der Waals surface area contributed by atoms with Crippen LogP contribution in [0.5, 0.6) is 0 Å². The Bertz CT molecular complexity index is 1480. The van der Waals surface area contributed by atoms with E-state index in [4.69, 9.17) is 0 Å². The minimum Gasteiger partial charge on any atom is -0.355 e. The summed E-state index contributed by atoms with van der Waals surface area (Å²) in [5.41, 5.74) is 4.81. The SMILES string of the molecule is Cc1cccc(C)c1-n1c(=O)c2ccccc2n2c(SCC(=O)NCCC3=CCCCC3)nnc12. The molecule has 1 aliphatic carbocycles. The molecule has 0 saturated heterocycles. The third kappa shape index (κ3) is 4.62. The van der Waals surface area contributed by atoms with Crippen molar-refractivity contribution < 1.29 is 4.79 Å². The smallest absolute Gasteiger partial charge is 0.267 e. The summed E-state index contributed by atoms with van der Waals surface area (Å²) in [6.45, 7) is 4.63. The van der Waals surface area contributed by atoms with Crippen LogP contribution in [0.15, 0.2) is 64.1 Å². The van der Waals surface area contributed by atoms with Crippen LogP contribution in [0.4, 0.5) is 0 Å². The molecule has 2 aromatic carbocycles. The Kier molecular flexibility index (Phi) is 6.72. The molecular weight excluding hydrogens is 458 g/mol. The highest BCUT2D eigenvalue weighted by Crippen LogP contribution is 2.25. The lowest BCUT2D eigenvalue weighted by Crippen LogP contribution is -2.26. The van der Waals surface area contributed by atoms with Crippen molar-refractivity contribution in [3.05, 3.63) is 75.6 Å². The fraction of sp³-hybridized carbons (Fsp3) is 0.333. The lowest BCUT2D eigenvalue weighted by Gasteiger charge is -2.15. The molecule has 0 atom stereocenters.